The molecule has 3 aromatic rings. The minimum absolute atomic E-state index is 0.0930. The molecule has 5 rings (SSSR count). The van der Waals surface area contributed by atoms with Gasteiger partial charge in [-0.1, -0.05) is 75.2 Å². The van der Waals surface area contributed by atoms with E-state index >= 15 is 4.39 Å². The number of hydrogen-bond donors (Lipinski definition) is 0. The lowest BCUT2D eigenvalue weighted by molar-refractivity contribution is -0.131. The molecule has 1 spiro atoms. The maximum Gasteiger partial charge on any atom is 0.268 e. The Bertz CT molecular complexity index is 1940. The number of ether oxygens (including phenoxy) is 2. The monoisotopic (exact) mass is 742 g/mol. The molecule has 2 heterocycles. The fourth-order valence-corrected chi connectivity index (χ4v) is 8.82. The maximum atomic E-state index is 16.6. The van der Waals surface area contributed by atoms with Gasteiger partial charge in [0.1, 0.15) is 29.7 Å². The Morgan fingerprint density at radius 3 is 2.45 bits per heavy atom. The van der Waals surface area contributed by atoms with Gasteiger partial charge in [-0.05, 0) is 68.8 Å². The summed E-state index contributed by atoms with van der Waals surface area (Å²) in [6.07, 6.45) is 4.84. The molecular formula is C38H53FN4O6SSi. The zero-order chi connectivity index (χ0) is 38.8. The molecule has 10 nitrogen and oxygen atoms in total. The van der Waals surface area contributed by atoms with Crippen molar-refractivity contribution in [1.29, 1.82) is 0 Å². The molecule has 0 unspecified atom stereocenters. The number of benzene rings is 2. The molecule has 1 aliphatic carbocycles. The highest BCUT2D eigenvalue weighted by Gasteiger charge is 2.49. The fraction of sp³-hybridized carbons (Fsp3) is 0.553. The number of methoxy groups -OCH3 is 1. The van der Waals surface area contributed by atoms with Crippen LogP contribution in [0.25, 0.3) is 11.1 Å². The summed E-state index contributed by atoms with van der Waals surface area (Å²) in [7, 11) is -4.36. The molecule has 0 atom stereocenters. The molecule has 278 valence electrons. The van der Waals surface area contributed by atoms with E-state index in [0.717, 1.165) is 34.5 Å². The average molecular weight is 743 g/mol. The van der Waals surface area contributed by atoms with Crippen molar-refractivity contribution in [1.82, 2.24) is 10.1 Å². The number of nitrogens with zero attached hydrogens (tertiary/aromatic N) is 4. The van der Waals surface area contributed by atoms with E-state index in [-0.39, 0.29) is 47.2 Å². The van der Waals surface area contributed by atoms with E-state index in [2.05, 4.69) is 24.8 Å². The van der Waals surface area contributed by atoms with Gasteiger partial charge < -0.3 is 14.0 Å². The van der Waals surface area contributed by atoms with Crippen LogP contribution in [0.15, 0.2) is 50.8 Å². The second-order valence-corrected chi connectivity index (χ2v) is 22.2. The highest BCUT2D eigenvalue weighted by Crippen LogP contribution is 2.41. The van der Waals surface area contributed by atoms with Gasteiger partial charge in [0.25, 0.3) is 15.9 Å². The topological polar surface area (TPSA) is 115 Å². The van der Waals surface area contributed by atoms with Gasteiger partial charge in [-0.3, -0.25) is 14.7 Å². The molecule has 13 heteroatoms. The Morgan fingerprint density at radius 2 is 1.80 bits per heavy atom. The second kappa shape index (κ2) is 16.1. The molecular weight excluding hydrogens is 688 g/mol. The van der Waals surface area contributed by atoms with Crippen molar-refractivity contribution >= 4 is 35.7 Å². The van der Waals surface area contributed by atoms with Crippen molar-refractivity contribution in [2.24, 2.45) is 4.99 Å². The first-order valence-corrected chi connectivity index (χ1v) is 23.0. The molecule has 2 aromatic carbocycles. The van der Waals surface area contributed by atoms with Gasteiger partial charge in [-0.25, -0.2) is 17.1 Å². The summed E-state index contributed by atoms with van der Waals surface area (Å²) in [4.78, 5) is 19.8. The minimum Gasteiger partial charge on any atom is -0.384 e. The molecule has 1 aliphatic heterocycles. The first-order chi connectivity index (χ1) is 25.0. The first kappa shape index (κ1) is 36.0. The summed E-state index contributed by atoms with van der Waals surface area (Å²) in [6, 6.07) is 9.71. The number of unbranched alkanes of at least 4 members (excludes halogenated alkanes) is 1. The predicted octanol–water partition coefficient (Wildman–Crippen LogP) is 8.04. The third-order valence-corrected chi connectivity index (χ3v) is 13.2. The van der Waals surface area contributed by atoms with E-state index in [1.54, 1.807) is 32.0 Å². The number of rotatable bonds is 17. The zero-order valence-corrected chi connectivity index (χ0v) is 32.8. The first-order valence-electron chi connectivity index (χ1n) is 18.9. The number of amides is 1. The Balaban J connectivity index is 1.60. The lowest BCUT2D eigenvalue weighted by Crippen LogP contribution is -2.40. The van der Waals surface area contributed by atoms with Crippen LogP contribution >= 0.6 is 0 Å². The van der Waals surface area contributed by atoms with E-state index in [1.807, 2.05) is 6.92 Å². The number of anilines is 1. The number of aryl methyl sites for hydroxylation is 1. The average Bonchev–Trinajstić information content (AvgIpc) is 3.79. The summed E-state index contributed by atoms with van der Waals surface area (Å²) < 4.78 is 82.5. The number of carbonyl (C=O) groups is 1. The molecule has 1 aromatic heterocycles. The Labute approximate surface area is 306 Å². The van der Waals surface area contributed by atoms with Crippen LogP contribution < -0.4 is 4.31 Å². The molecule has 1 fully saturated rings. The summed E-state index contributed by atoms with van der Waals surface area (Å²) in [5.74, 6) is -0.455. The summed E-state index contributed by atoms with van der Waals surface area (Å²) in [5.41, 5.74) is 0.120. The van der Waals surface area contributed by atoms with Gasteiger partial charge >= 0.3 is 0 Å². The summed E-state index contributed by atoms with van der Waals surface area (Å²) in [6.45, 7) is 9.72. The van der Waals surface area contributed by atoms with Gasteiger partial charge in [0.15, 0.2) is 5.82 Å². The van der Waals surface area contributed by atoms with Crippen LogP contribution in [0.5, 0.6) is 0 Å². The molecule has 1 saturated carbocycles. The van der Waals surface area contributed by atoms with Crippen LogP contribution in [-0.4, -0.2) is 70.9 Å². The highest BCUT2D eigenvalue weighted by atomic mass is 32.2. The van der Waals surface area contributed by atoms with Crippen molar-refractivity contribution in [2.75, 3.05) is 31.4 Å². The number of amidine groups is 1. The molecule has 0 N–H and O–H groups in total. The maximum absolute atomic E-state index is 16.6. The molecule has 2 aliphatic rings. The SMILES string of the molecule is [2H]C([2H])(c1cc(CCOC)c(-c2ccccc2S(=O)(=O)N(COCC[Si](C)(C)C)c2noc(C)c2C)cc1F)N1C(=O)C2(CCCC2)N=C1CCCC. The number of aliphatic imine (C=N–C) groups is 1. The van der Waals surface area contributed by atoms with E-state index < -0.39 is 41.9 Å². The van der Waals surface area contributed by atoms with Crippen molar-refractivity contribution < 1.29 is 34.3 Å². The fourth-order valence-electron chi connectivity index (χ4n) is 6.51. The third-order valence-electron chi connectivity index (χ3n) is 9.71. The second-order valence-electron chi connectivity index (χ2n) is 14.7. The normalized spacial score (nSPS) is 16.9. The van der Waals surface area contributed by atoms with Crippen molar-refractivity contribution in [3.8, 4) is 11.1 Å². The van der Waals surface area contributed by atoms with Gasteiger partial charge in [-0.15, -0.1) is 0 Å². The van der Waals surface area contributed by atoms with Crippen LogP contribution in [0.1, 0.15) is 77.1 Å². The van der Waals surface area contributed by atoms with Crippen LogP contribution in [0.3, 0.4) is 0 Å². The third kappa shape index (κ3) is 8.47. The smallest absolute Gasteiger partial charge is 0.268 e. The predicted molar refractivity (Wildman–Crippen MR) is 201 cm³/mol. The number of halogens is 1. The largest absolute Gasteiger partial charge is 0.384 e. The van der Waals surface area contributed by atoms with Crippen molar-refractivity contribution in [3.05, 3.63) is 64.7 Å². The Morgan fingerprint density at radius 1 is 1.08 bits per heavy atom. The van der Waals surface area contributed by atoms with Gasteiger partial charge in [-0.2, -0.15) is 0 Å². The summed E-state index contributed by atoms with van der Waals surface area (Å²) >= 11 is 0. The minimum atomic E-state index is -4.40. The van der Waals surface area contributed by atoms with Crippen LogP contribution in [0.2, 0.25) is 25.7 Å². The van der Waals surface area contributed by atoms with E-state index in [1.165, 1.54) is 25.3 Å². The lowest BCUT2D eigenvalue weighted by Gasteiger charge is -2.25. The standard InChI is InChI=1S/C38H53FN4O6SSi/c1-8-9-16-35-40-38(18-12-13-19-38)37(44)42(35)25-30-23-29(17-20-47-4)32(24-33(30)39)31-14-10-11-15-34(31)50(45,46)43(26-48-21-22-51(5,6)7)36-27(2)28(3)49-41-36/h10-11,14-15,23-24H,8-9,12-13,16-22,25-26H2,1-7H3/i25D2. The number of hydrogen-bond acceptors (Lipinski definition) is 8. The Kier molecular flexibility index (Phi) is 11.4. The quantitative estimate of drug-likeness (QED) is 0.0782. The molecule has 1 amide bonds. The van der Waals surface area contributed by atoms with Crippen LogP contribution in [0, 0.1) is 19.7 Å². The van der Waals surface area contributed by atoms with Gasteiger partial charge in [0.2, 0.25) is 0 Å². The van der Waals surface area contributed by atoms with Crippen LogP contribution in [0.4, 0.5) is 10.2 Å². The van der Waals surface area contributed by atoms with Gasteiger partial charge in [0, 0.05) is 44.9 Å². The zero-order valence-electron chi connectivity index (χ0n) is 33.0. The van der Waals surface area contributed by atoms with E-state index in [4.69, 9.17) is 19.0 Å². The van der Waals surface area contributed by atoms with Crippen LogP contribution in [-0.2, 0) is 37.2 Å². The van der Waals surface area contributed by atoms with Crippen molar-refractivity contribution in [2.45, 2.75) is 115 Å². The molecule has 0 saturated heterocycles. The molecule has 0 bridgehead atoms. The van der Waals surface area contributed by atoms with E-state index in [0.29, 0.717) is 55.0 Å². The van der Waals surface area contributed by atoms with Gasteiger partial charge in [0.05, 0.1) is 20.7 Å². The number of sulfonamides is 1. The Hall–Kier alpha value is -3.39. The highest BCUT2D eigenvalue weighted by molar-refractivity contribution is 7.93. The molecule has 0 radical (unpaired) electrons. The number of aromatic nitrogens is 1. The molecule has 51 heavy (non-hydrogen) atoms. The summed E-state index contributed by atoms with van der Waals surface area (Å²) in [5, 5.41) is 4.08. The van der Waals surface area contributed by atoms with E-state index in [9.17, 15) is 16.0 Å². The van der Waals surface area contributed by atoms with Crippen molar-refractivity contribution in [3.63, 3.8) is 0 Å². The lowest BCUT2D eigenvalue weighted by atomic mass is 9.94. The number of carbonyl (C=O) groups excluding carboxylic acids is 1.